The number of ether oxygens (including phenoxy) is 1. The van der Waals surface area contributed by atoms with E-state index in [0.717, 1.165) is 25.7 Å². The van der Waals surface area contributed by atoms with Crippen molar-refractivity contribution < 1.29 is 4.74 Å². The van der Waals surface area contributed by atoms with Crippen LogP contribution in [0.5, 0.6) is 0 Å². The molecular weight excluding hydrogens is 340 g/mol. The zero-order valence-electron chi connectivity index (χ0n) is 17.4. The molecule has 3 unspecified atom stereocenters. The SMILES string of the molecule is C=C1CCC(C2C([C@@H](C)OC)[C@@]3(C)CC[C@H](N=O)CC3=C[C@@H]2N=O)C1(C)C. The molecule has 0 aliphatic heterocycles. The Morgan fingerprint density at radius 2 is 1.93 bits per heavy atom. The fourth-order valence-electron chi connectivity index (χ4n) is 6.41. The molecule has 2 fully saturated rings. The predicted octanol–water partition coefficient (Wildman–Crippen LogP) is 5.65. The van der Waals surface area contributed by atoms with Gasteiger partial charge in [-0.15, -0.1) is 0 Å². The summed E-state index contributed by atoms with van der Waals surface area (Å²) < 4.78 is 5.86. The molecule has 0 aromatic rings. The second kappa shape index (κ2) is 7.23. The third-order valence-electron chi connectivity index (χ3n) is 8.31. The second-order valence-electron chi connectivity index (χ2n) is 9.72. The summed E-state index contributed by atoms with van der Waals surface area (Å²) in [4.78, 5) is 23.1. The number of allylic oxidation sites excluding steroid dienone is 1. The molecule has 3 aliphatic carbocycles. The number of nitroso groups, excluding NO2 is 2. The number of fused-ring (bicyclic) bond motifs is 1. The Kier molecular flexibility index (Phi) is 5.46. The Hall–Kier alpha value is -1.36. The highest BCUT2D eigenvalue weighted by atomic mass is 16.5. The van der Waals surface area contributed by atoms with E-state index >= 15 is 0 Å². The van der Waals surface area contributed by atoms with Gasteiger partial charge < -0.3 is 4.74 Å². The van der Waals surface area contributed by atoms with Crippen molar-refractivity contribution in [3.8, 4) is 0 Å². The Morgan fingerprint density at radius 3 is 2.44 bits per heavy atom. The number of rotatable bonds is 5. The lowest BCUT2D eigenvalue weighted by Gasteiger charge is -2.55. The maximum absolute atomic E-state index is 12.0. The van der Waals surface area contributed by atoms with Crippen LogP contribution in [0.15, 0.2) is 34.2 Å². The van der Waals surface area contributed by atoms with Gasteiger partial charge in [0.2, 0.25) is 0 Å². The van der Waals surface area contributed by atoms with Crippen LogP contribution < -0.4 is 0 Å². The van der Waals surface area contributed by atoms with E-state index in [1.54, 1.807) is 7.11 Å². The summed E-state index contributed by atoms with van der Waals surface area (Å²) in [6.45, 7) is 13.3. The van der Waals surface area contributed by atoms with Crippen molar-refractivity contribution in [3.05, 3.63) is 33.6 Å². The van der Waals surface area contributed by atoms with Gasteiger partial charge in [-0.3, -0.25) is 0 Å². The molecule has 0 bridgehead atoms. The molecule has 150 valence electrons. The minimum absolute atomic E-state index is 0.0113. The van der Waals surface area contributed by atoms with E-state index < -0.39 is 0 Å². The van der Waals surface area contributed by atoms with Gasteiger partial charge in [-0.05, 0) is 67.6 Å². The topological polar surface area (TPSA) is 68.1 Å². The minimum Gasteiger partial charge on any atom is -0.381 e. The Bertz CT molecular complexity index is 656. The maximum atomic E-state index is 12.0. The maximum Gasteiger partial charge on any atom is 0.114 e. The third kappa shape index (κ3) is 3.12. The van der Waals surface area contributed by atoms with Gasteiger partial charge in [0.05, 0.1) is 12.1 Å². The molecule has 0 aromatic carbocycles. The van der Waals surface area contributed by atoms with Crippen LogP contribution in [0.3, 0.4) is 0 Å². The summed E-state index contributed by atoms with van der Waals surface area (Å²) in [6.07, 6.45) is 6.50. The molecule has 5 nitrogen and oxygen atoms in total. The van der Waals surface area contributed by atoms with Crippen LogP contribution in [0, 0.1) is 38.4 Å². The van der Waals surface area contributed by atoms with Gasteiger partial charge in [0.15, 0.2) is 0 Å². The molecule has 7 atom stereocenters. The van der Waals surface area contributed by atoms with Gasteiger partial charge in [0, 0.05) is 7.11 Å². The first kappa shape index (κ1) is 20.4. The molecule has 2 saturated carbocycles. The molecule has 3 rings (SSSR count). The monoisotopic (exact) mass is 374 g/mol. The summed E-state index contributed by atoms with van der Waals surface area (Å²) in [6, 6.07) is -0.564. The van der Waals surface area contributed by atoms with Gasteiger partial charge in [-0.1, -0.05) is 54.9 Å². The van der Waals surface area contributed by atoms with Crippen LogP contribution >= 0.6 is 0 Å². The zero-order chi connectivity index (χ0) is 20.0. The highest BCUT2D eigenvalue weighted by Gasteiger charge is 2.57. The number of hydrogen-bond acceptors (Lipinski definition) is 5. The number of methoxy groups -OCH3 is 1. The first-order valence-corrected chi connectivity index (χ1v) is 10.3. The van der Waals surface area contributed by atoms with Gasteiger partial charge >= 0.3 is 0 Å². The lowest BCUT2D eigenvalue weighted by atomic mass is 9.50. The number of nitrogens with zero attached hydrogens (tertiary/aromatic N) is 2. The quantitative estimate of drug-likeness (QED) is 0.461. The summed E-state index contributed by atoms with van der Waals surface area (Å²) in [7, 11) is 1.75. The first-order valence-electron chi connectivity index (χ1n) is 10.3. The van der Waals surface area contributed by atoms with E-state index in [1.165, 1.54) is 11.1 Å². The summed E-state index contributed by atoms with van der Waals surface area (Å²) >= 11 is 0. The summed E-state index contributed by atoms with van der Waals surface area (Å²) in [5.41, 5.74) is 2.36. The first-order chi connectivity index (χ1) is 12.7. The molecule has 0 aromatic heterocycles. The van der Waals surface area contributed by atoms with Crippen molar-refractivity contribution in [1.82, 2.24) is 0 Å². The Labute approximate surface area is 163 Å². The lowest BCUT2D eigenvalue weighted by molar-refractivity contribution is -0.0606. The largest absolute Gasteiger partial charge is 0.381 e. The normalized spacial score (nSPS) is 42.2. The molecule has 27 heavy (non-hydrogen) atoms. The van der Waals surface area contributed by atoms with Crippen molar-refractivity contribution >= 4 is 0 Å². The fraction of sp³-hybridized carbons (Fsp3) is 0.818. The van der Waals surface area contributed by atoms with Crippen molar-refractivity contribution in [2.75, 3.05) is 7.11 Å². The third-order valence-corrected chi connectivity index (χ3v) is 8.31. The van der Waals surface area contributed by atoms with E-state index in [-0.39, 0.29) is 40.9 Å². The van der Waals surface area contributed by atoms with Crippen LogP contribution in [0.1, 0.15) is 59.8 Å². The van der Waals surface area contributed by atoms with Crippen molar-refractivity contribution in [2.24, 2.45) is 38.9 Å². The van der Waals surface area contributed by atoms with Crippen LogP contribution in [-0.2, 0) is 4.74 Å². The van der Waals surface area contributed by atoms with E-state index in [1.807, 2.05) is 0 Å². The second-order valence-corrected chi connectivity index (χ2v) is 9.72. The van der Waals surface area contributed by atoms with Crippen molar-refractivity contribution in [3.63, 3.8) is 0 Å². The molecule has 3 aliphatic rings. The van der Waals surface area contributed by atoms with E-state index in [0.29, 0.717) is 12.3 Å². The molecular formula is C22H34N2O3. The molecule has 0 radical (unpaired) electrons. The molecule has 5 heteroatoms. The van der Waals surface area contributed by atoms with E-state index in [4.69, 9.17) is 4.74 Å². The van der Waals surface area contributed by atoms with E-state index in [2.05, 4.69) is 50.7 Å². The predicted molar refractivity (Wildman–Crippen MR) is 108 cm³/mol. The molecule has 0 heterocycles. The number of hydrogen-bond donors (Lipinski definition) is 0. The van der Waals surface area contributed by atoms with Gasteiger partial charge in [-0.25, -0.2) is 0 Å². The molecule has 0 spiro atoms. The summed E-state index contributed by atoms with van der Waals surface area (Å²) in [5, 5.41) is 6.88. The van der Waals surface area contributed by atoms with Crippen LogP contribution in [0.4, 0.5) is 0 Å². The zero-order valence-corrected chi connectivity index (χ0v) is 17.4. The smallest absolute Gasteiger partial charge is 0.114 e. The molecule has 0 amide bonds. The Morgan fingerprint density at radius 1 is 1.22 bits per heavy atom. The Balaban J connectivity index is 2.11. The molecule has 0 N–H and O–H groups in total. The molecule has 0 saturated heterocycles. The van der Waals surface area contributed by atoms with Crippen molar-refractivity contribution in [1.29, 1.82) is 0 Å². The van der Waals surface area contributed by atoms with Crippen molar-refractivity contribution in [2.45, 2.75) is 78.0 Å². The van der Waals surface area contributed by atoms with Crippen LogP contribution in [0.25, 0.3) is 0 Å². The average molecular weight is 375 g/mol. The van der Waals surface area contributed by atoms with Crippen LogP contribution in [0.2, 0.25) is 0 Å². The standard InChI is InChI=1S/C22H34N2O3/c1-13-7-8-17(21(13,3)4)19-18(24-26)12-15-11-16(23-25)9-10-22(15,5)20(19)14(2)27-6/h12,14,16-20H,1,7-11H2,2-6H3/t14-,16+,17?,18+,19?,20?,22+/m1/s1. The average Bonchev–Trinajstić information content (AvgIpc) is 2.91. The fourth-order valence-corrected chi connectivity index (χ4v) is 6.41. The minimum atomic E-state index is -0.378. The lowest BCUT2D eigenvalue weighted by Crippen LogP contribution is -2.54. The summed E-state index contributed by atoms with van der Waals surface area (Å²) in [5.74, 6) is 0.668. The highest BCUT2D eigenvalue weighted by molar-refractivity contribution is 5.30. The van der Waals surface area contributed by atoms with E-state index in [9.17, 15) is 9.81 Å². The highest BCUT2D eigenvalue weighted by Crippen LogP contribution is 2.61. The van der Waals surface area contributed by atoms with Gasteiger partial charge in [0.1, 0.15) is 6.04 Å². The van der Waals surface area contributed by atoms with Gasteiger partial charge in [-0.2, -0.15) is 9.81 Å². The van der Waals surface area contributed by atoms with Gasteiger partial charge in [0.25, 0.3) is 0 Å². The van der Waals surface area contributed by atoms with Crippen LogP contribution in [-0.4, -0.2) is 25.3 Å².